The maximum absolute atomic E-state index is 2.43. The lowest BCUT2D eigenvalue weighted by atomic mass is 9.79. The fourth-order valence-corrected chi connectivity index (χ4v) is 10.4. The Labute approximate surface area is 347 Å². The fraction of sp³-hybridized carbons (Fsp3) is 0.103. The van der Waals surface area contributed by atoms with Crippen LogP contribution in [0.5, 0.6) is 0 Å². The van der Waals surface area contributed by atoms with Gasteiger partial charge < -0.3 is 4.90 Å². The highest BCUT2D eigenvalue weighted by molar-refractivity contribution is 6.06. The van der Waals surface area contributed by atoms with Crippen LogP contribution in [0.1, 0.15) is 49.9 Å². The lowest BCUT2D eigenvalue weighted by molar-refractivity contribution is 0.660. The number of hydrogen-bond acceptors (Lipinski definition) is 1. The van der Waals surface area contributed by atoms with E-state index in [4.69, 9.17) is 0 Å². The summed E-state index contributed by atoms with van der Waals surface area (Å²) < 4.78 is 0. The SMILES string of the molecule is CC1(C)c2ccccc2-c2ccc(N(c3ccc(-c4cccc5c4C(C)(C)c4ccccc4-5)cc3)c3ccc(-c4cccc5cccc(-c6ccccc6)c45)cc3)cc21. The summed E-state index contributed by atoms with van der Waals surface area (Å²) in [7, 11) is 0. The second-order valence-corrected chi connectivity index (χ2v) is 17.3. The molecule has 0 amide bonds. The van der Waals surface area contributed by atoms with E-state index in [1.165, 1.54) is 88.7 Å². The molecule has 0 saturated carbocycles. The quantitative estimate of drug-likeness (QED) is 0.163. The molecule has 0 radical (unpaired) electrons. The monoisotopic (exact) mass is 755 g/mol. The largest absolute Gasteiger partial charge is 0.310 e. The van der Waals surface area contributed by atoms with Gasteiger partial charge in [0.2, 0.25) is 0 Å². The van der Waals surface area contributed by atoms with Crippen molar-refractivity contribution < 1.29 is 0 Å². The number of rotatable bonds is 6. The summed E-state index contributed by atoms with van der Waals surface area (Å²) in [5, 5.41) is 2.52. The van der Waals surface area contributed by atoms with Crippen molar-refractivity contribution >= 4 is 27.8 Å². The van der Waals surface area contributed by atoms with Crippen molar-refractivity contribution in [3.05, 3.63) is 222 Å². The third kappa shape index (κ3) is 5.45. The molecule has 9 aromatic carbocycles. The molecule has 1 nitrogen and oxygen atoms in total. The maximum Gasteiger partial charge on any atom is 0.0465 e. The van der Waals surface area contributed by atoms with E-state index in [9.17, 15) is 0 Å². The molecule has 1 heteroatoms. The van der Waals surface area contributed by atoms with Crippen LogP contribution < -0.4 is 4.90 Å². The van der Waals surface area contributed by atoms with E-state index in [-0.39, 0.29) is 10.8 Å². The van der Waals surface area contributed by atoms with Crippen molar-refractivity contribution in [1.29, 1.82) is 0 Å². The average molecular weight is 756 g/mol. The highest BCUT2D eigenvalue weighted by Gasteiger charge is 2.38. The van der Waals surface area contributed by atoms with Gasteiger partial charge in [0, 0.05) is 27.9 Å². The van der Waals surface area contributed by atoms with Crippen LogP contribution in [0.2, 0.25) is 0 Å². The smallest absolute Gasteiger partial charge is 0.0465 e. The molecule has 2 aliphatic carbocycles. The Balaban J connectivity index is 1.03. The summed E-state index contributed by atoms with van der Waals surface area (Å²) in [6.07, 6.45) is 0. The van der Waals surface area contributed by atoms with Gasteiger partial charge >= 0.3 is 0 Å². The molecule has 0 saturated heterocycles. The molecule has 2 aliphatic rings. The highest BCUT2D eigenvalue weighted by Crippen LogP contribution is 2.53. The molecule has 0 aliphatic heterocycles. The van der Waals surface area contributed by atoms with Crippen LogP contribution in [0, 0.1) is 0 Å². The van der Waals surface area contributed by atoms with Gasteiger partial charge in [0.25, 0.3) is 0 Å². The predicted molar refractivity (Wildman–Crippen MR) is 250 cm³/mol. The third-order valence-corrected chi connectivity index (χ3v) is 13.3. The second kappa shape index (κ2) is 13.3. The van der Waals surface area contributed by atoms with Crippen LogP contribution in [0.25, 0.3) is 66.4 Å². The molecule has 9 aromatic rings. The first kappa shape index (κ1) is 35.2. The Morgan fingerprint density at radius 1 is 0.305 bits per heavy atom. The number of hydrogen-bond donors (Lipinski definition) is 0. The van der Waals surface area contributed by atoms with E-state index >= 15 is 0 Å². The topological polar surface area (TPSA) is 3.24 Å². The van der Waals surface area contributed by atoms with Crippen LogP contribution in [0.4, 0.5) is 17.1 Å². The maximum atomic E-state index is 2.43. The Morgan fingerprint density at radius 2 is 0.746 bits per heavy atom. The van der Waals surface area contributed by atoms with E-state index in [0.29, 0.717) is 0 Å². The first-order chi connectivity index (χ1) is 28.8. The van der Waals surface area contributed by atoms with Crippen molar-refractivity contribution in [1.82, 2.24) is 0 Å². The van der Waals surface area contributed by atoms with Gasteiger partial charge in [-0.2, -0.15) is 0 Å². The standard InChI is InChI=1S/C58H45N/c1-57(2)52-25-10-8-19-48(52)50-36-35-44(37-54(50)57)59(43-33-29-40(30-34-43)47-23-14-24-51-49-20-9-11-26-53(49)58(3,4)56(47)51)42-31-27-39(28-32-42)46-22-13-18-41-17-12-21-45(55(41)46)38-15-6-5-7-16-38/h5-37H,1-4H3. The van der Waals surface area contributed by atoms with Crippen LogP contribution in [0.15, 0.2) is 200 Å². The Morgan fingerprint density at radius 3 is 1.39 bits per heavy atom. The molecule has 0 heterocycles. The molecular weight excluding hydrogens is 711 g/mol. The minimum absolute atomic E-state index is 0.0876. The summed E-state index contributed by atoms with van der Waals surface area (Å²) in [6, 6.07) is 74.2. The fourth-order valence-electron chi connectivity index (χ4n) is 10.4. The van der Waals surface area contributed by atoms with E-state index < -0.39 is 0 Å². The molecule has 0 N–H and O–H groups in total. The first-order valence-corrected chi connectivity index (χ1v) is 20.8. The third-order valence-electron chi connectivity index (χ3n) is 13.3. The zero-order chi connectivity index (χ0) is 39.9. The number of benzene rings is 9. The van der Waals surface area contributed by atoms with Crippen molar-refractivity contribution in [2.75, 3.05) is 4.90 Å². The number of anilines is 3. The second-order valence-electron chi connectivity index (χ2n) is 17.3. The summed E-state index contributed by atoms with van der Waals surface area (Å²) in [6.45, 7) is 9.47. The minimum Gasteiger partial charge on any atom is -0.310 e. The van der Waals surface area contributed by atoms with Gasteiger partial charge in [-0.15, -0.1) is 0 Å². The predicted octanol–water partition coefficient (Wildman–Crippen LogP) is 15.9. The molecular formula is C58H45N. The minimum atomic E-state index is -0.107. The molecule has 0 aromatic heterocycles. The average Bonchev–Trinajstić information content (AvgIpc) is 3.66. The Bertz CT molecular complexity index is 3070. The zero-order valence-corrected chi connectivity index (χ0v) is 34.0. The van der Waals surface area contributed by atoms with Crippen molar-refractivity contribution in [3.63, 3.8) is 0 Å². The van der Waals surface area contributed by atoms with Gasteiger partial charge in [-0.1, -0.05) is 191 Å². The highest BCUT2D eigenvalue weighted by atomic mass is 15.1. The van der Waals surface area contributed by atoms with Crippen LogP contribution >= 0.6 is 0 Å². The van der Waals surface area contributed by atoms with Crippen molar-refractivity contribution in [3.8, 4) is 55.6 Å². The van der Waals surface area contributed by atoms with Crippen LogP contribution in [0.3, 0.4) is 0 Å². The summed E-state index contributed by atoms with van der Waals surface area (Å²) >= 11 is 0. The molecule has 282 valence electrons. The van der Waals surface area contributed by atoms with Crippen molar-refractivity contribution in [2.45, 2.75) is 38.5 Å². The summed E-state index contributed by atoms with van der Waals surface area (Å²) in [5.41, 5.74) is 21.6. The van der Waals surface area contributed by atoms with Gasteiger partial charge in [-0.05, 0) is 125 Å². The first-order valence-electron chi connectivity index (χ1n) is 20.8. The normalized spacial score (nSPS) is 14.0. The molecule has 0 fully saturated rings. The van der Waals surface area contributed by atoms with Gasteiger partial charge in [-0.25, -0.2) is 0 Å². The lowest BCUT2D eigenvalue weighted by Gasteiger charge is -2.29. The molecule has 0 unspecified atom stereocenters. The molecule has 0 atom stereocenters. The number of fused-ring (bicyclic) bond motifs is 7. The molecule has 0 spiro atoms. The summed E-state index contributed by atoms with van der Waals surface area (Å²) in [4.78, 5) is 2.43. The van der Waals surface area contributed by atoms with E-state index in [2.05, 4.69) is 233 Å². The Hall–Kier alpha value is -6.96. The molecule has 0 bridgehead atoms. The van der Waals surface area contributed by atoms with Gasteiger partial charge in [0.1, 0.15) is 0 Å². The van der Waals surface area contributed by atoms with Gasteiger partial charge in [0.15, 0.2) is 0 Å². The molecule has 11 rings (SSSR count). The van der Waals surface area contributed by atoms with Crippen molar-refractivity contribution in [2.24, 2.45) is 0 Å². The molecule has 59 heavy (non-hydrogen) atoms. The van der Waals surface area contributed by atoms with E-state index in [1.807, 2.05) is 0 Å². The van der Waals surface area contributed by atoms with E-state index in [1.54, 1.807) is 0 Å². The van der Waals surface area contributed by atoms with Crippen LogP contribution in [-0.4, -0.2) is 0 Å². The van der Waals surface area contributed by atoms with Crippen LogP contribution in [-0.2, 0) is 10.8 Å². The van der Waals surface area contributed by atoms with Gasteiger partial charge in [0.05, 0.1) is 0 Å². The zero-order valence-electron chi connectivity index (χ0n) is 34.0. The lowest BCUT2D eigenvalue weighted by Crippen LogP contribution is -2.16. The number of nitrogens with zero attached hydrogens (tertiary/aromatic N) is 1. The Kier molecular flexibility index (Phi) is 7.94. The van der Waals surface area contributed by atoms with Gasteiger partial charge in [-0.3, -0.25) is 0 Å². The van der Waals surface area contributed by atoms with E-state index in [0.717, 1.165) is 17.1 Å². The summed E-state index contributed by atoms with van der Waals surface area (Å²) in [5.74, 6) is 0.